The smallest absolute Gasteiger partial charge is 0.140 e. The number of nitrogens with two attached hydrogens (primary N) is 1. The summed E-state index contributed by atoms with van der Waals surface area (Å²) in [5, 5.41) is 8.29. The minimum atomic E-state index is 0.0735. The van der Waals surface area contributed by atoms with E-state index in [1.807, 2.05) is 6.33 Å². The maximum atomic E-state index is 6.03. The zero-order chi connectivity index (χ0) is 11.0. The summed E-state index contributed by atoms with van der Waals surface area (Å²) in [6, 6.07) is 0.655. The van der Waals surface area contributed by atoms with E-state index in [0.29, 0.717) is 19.3 Å². The van der Waals surface area contributed by atoms with Crippen molar-refractivity contribution in [2.24, 2.45) is 5.73 Å². The minimum absolute atomic E-state index is 0.0735. The molecule has 1 aromatic rings. The predicted octanol–water partition coefficient (Wildman–Crippen LogP) is 0.834. The van der Waals surface area contributed by atoms with Crippen LogP contribution in [0, 0.1) is 0 Å². The zero-order valence-corrected chi connectivity index (χ0v) is 9.38. The van der Waals surface area contributed by atoms with E-state index in [4.69, 9.17) is 10.5 Å². The van der Waals surface area contributed by atoms with Crippen LogP contribution in [0.4, 0.5) is 0 Å². The van der Waals surface area contributed by atoms with Gasteiger partial charge in [-0.2, -0.15) is 0 Å². The van der Waals surface area contributed by atoms with Gasteiger partial charge in [0.15, 0.2) is 0 Å². The van der Waals surface area contributed by atoms with Gasteiger partial charge in [-0.3, -0.25) is 0 Å². The highest BCUT2D eigenvalue weighted by atomic mass is 16.5. The molecule has 2 atom stereocenters. The van der Waals surface area contributed by atoms with E-state index in [2.05, 4.69) is 14.8 Å². The van der Waals surface area contributed by atoms with Crippen LogP contribution in [0.1, 0.15) is 43.5 Å². The Morgan fingerprint density at radius 2 is 2.12 bits per heavy atom. The van der Waals surface area contributed by atoms with Crippen LogP contribution in [0.2, 0.25) is 0 Å². The summed E-state index contributed by atoms with van der Waals surface area (Å²) >= 11 is 0. The quantitative estimate of drug-likeness (QED) is 0.805. The Kier molecular flexibility index (Phi) is 2.65. The third-order valence-electron chi connectivity index (χ3n) is 3.78. The third-order valence-corrected chi connectivity index (χ3v) is 3.78. The van der Waals surface area contributed by atoms with E-state index in [-0.39, 0.29) is 12.0 Å². The highest BCUT2D eigenvalue weighted by Crippen LogP contribution is 2.33. The van der Waals surface area contributed by atoms with Gasteiger partial charge < -0.3 is 15.0 Å². The summed E-state index contributed by atoms with van der Waals surface area (Å²) in [5.41, 5.74) is 6.03. The largest absolute Gasteiger partial charge is 0.379 e. The van der Waals surface area contributed by atoms with Crippen LogP contribution in [0.3, 0.4) is 0 Å². The highest BCUT2D eigenvalue weighted by molar-refractivity contribution is 5.05. The van der Waals surface area contributed by atoms with E-state index < -0.39 is 0 Å². The van der Waals surface area contributed by atoms with Gasteiger partial charge >= 0.3 is 0 Å². The molecule has 5 heteroatoms. The number of hydrogen-bond acceptors (Lipinski definition) is 4. The SMILES string of the molecule is NC1COCC1c1nncn1C1CCCC1. The van der Waals surface area contributed by atoms with Crippen LogP contribution in [-0.2, 0) is 4.74 Å². The molecule has 1 saturated carbocycles. The van der Waals surface area contributed by atoms with Gasteiger partial charge in [-0.05, 0) is 12.8 Å². The van der Waals surface area contributed by atoms with Crippen molar-refractivity contribution in [3.05, 3.63) is 12.2 Å². The van der Waals surface area contributed by atoms with Crippen molar-refractivity contribution >= 4 is 0 Å². The van der Waals surface area contributed by atoms with Gasteiger partial charge in [0, 0.05) is 12.1 Å². The van der Waals surface area contributed by atoms with Gasteiger partial charge in [-0.25, -0.2) is 0 Å². The molecule has 1 aliphatic carbocycles. The summed E-state index contributed by atoms with van der Waals surface area (Å²) in [7, 11) is 0. The topological polar surface area (TPSA) is 66.0 Å². The maximum Gasteiger partial charge on any atom is 0.140 e. The van der Waals surface area contributed by atoms with Gasteiger partial charge in [0.25, 0.3) is 0 Å². The molecular formula is C11H18N4O. The first-order valence-electron chi connectivity index (χ1n) is 6.09. The van der Waals surface area contributed by atoms with Gasteiger partial charge in [0.1, 0.15) is 12.2 Å². The van der Waals surface area contributed by atoms with E-state index in [1.54, 1.807) is 0 Å². The molecule has 1 aliphatic heterocycles. The van der Waals surface area contributed by atoms with E-state index in [0.717, 1.165) is 5.82 Å². The normalized spacial score (nSPS) is 31.3. The third kappa shape index (κ3) is 1.64. The molecule has 0 bridgehead atoms. The van der Waals surface area contributed by atoms with Crippen molar-refractivity contribution < 1.29 is 4.74 Å². The van der Waals surface area contributed by atoms with Crippen LogP contribution in [0.5, 0.6) is 0 Å². The minimum Gasteiger partial charge on any atom is -0.379 e. The number of nitrogens with zero attached hydrogens (tertiary/aromatic N) is 3. The van der Waals surface area contributed by atoms with E-state index >= 15 is 0 Å². The molecule has 1 aromatic heterocycles. The number of ether oxygens (including phenoxy) is 1. The van der Waals surface area contributed by atoms with Crippen molar-refractivity contribution in [2.45, 2.75) is 43.7 Å². The Morgan fingerprint density at radius 3 is 2.81 bits per heavy atom. The first kappa shape index (κ1) is 10.2. The van der Waals surface area contributed by atoms with Crippen LogP contribution in [0.15, 0.2) is 6.33 Å². The summed E-state index contributed by atoms with van der Waals surface area (Å²) in [6.07, 6.45) is 6.98. The number of hydrogen-bond donors (Lipinski definition) is 1. The highest BCUT2D eigenvalue weighted by Gasteiger charge is 2.32. The zero-order valence-electron chi connectivity index (χ0n) is 9.38. The molecule has 2 heterocycles. The Bertz CT molecular complexity index is 359. The second-order valence-corrected chi connectivity index (χ2v) is 4.84. The van der Waals surface area contributed by atoms with Crippen molar-refractivity contribution in [3.63, 3.8) is 0 Å². The van der Waals surface area contributed by atoms with Crippen molar-refractivity contribution in [3.8, 4) is 0 Å². The average Bonchev–Trinajstić information content (AvgIpc) is 2.95. The standard InChI is InChI=1S/C11H18N4O/c12-10-6-16-5-9(10)11-14-13-7-15(11)8-3-1-2-4-8/h7-10H,1-6,12H2. The Labute approximate surface area is 95.0 Å². The lowest BCUT2D eigenvalue weighted by molar-refractivity contribution is 0.189. The molecule has 1 saturated heterocycles. The molecule has 2 N–H and O–H groups in total. The van der Waals surface area contributed by atoms with Crippen molar-refractivity contribution in [2.75, 3.05) is 13.2 Å². The summed E-state index contributed by atoms with van der Waals surface area (Å²) in [5.74, 6) is 1.25. The second-order valence-electron chi connectivity index (χ2n) is 4.84. The molecular weight excluding hydrogens is 204 g/mol. The fourth-order valence-electron chi connectivity index (χ4n) is 2.82. The molecule has 0 radical (unpaired) electrons. The molecule has 88 valence electrons. The van der Waals surface area contributed by atoms with E-state index in [1.165, 1.54) is 25.7 Å². The molecule has 0 spiro atoms. The molecule has 0 aromatic carbocycles. The lowest BCUT2D eigenvalue weighted by Crippen LogP contribution is -2.29. The molecule has 2 aliphatic rings. The van der Waals surface area contributed by atoms with Gasteiger partial charge in [0.2, 0.25) is 0 Å². The van der Waals surface area contributed by atoms with E-state index in [9.17, 15) is 0 Å². The average molecular weight is 222 g/mol. The lowest BCUT2D eigenvalue weighted by atomic mass is 10.0. The number of rotatable bonds is 2. The van der Waals surface area contributed by atoms with Crippen LogP contribution in [0.25, 0.3) is 0 Å². The molecule has 0 amide bonds. The fourth-order valence-corrected chi connectivity index (χ4v) is 2.82. The Hall–Kier alpha value is -0.940. The predicted molar refractivity (Wildman–Crippen MR) is 59.1 cm³/mol. The van der Waals surface area contributed by atoms with Crippen LogP contribution >= 0.6 is 0 Å². The molecule has 5 nitrogen and oxygen atoms in total. The first-order chi connectivity index (χ1) is 7.86. The molecule has 2 fully saturated rings. The molecule has 16 heavy (non-hydrogen) atoms. The fraction of sp³-hybridized carbons (Fsp3) is 0.818. The summed E-state index contributed by atoms with van der Waals surface area (Å²) in [4.78, 5) is 0. The number of aromatic nitrogens is 3. The summed E-state index contributed by atoms with van der Waals surface area (Å²) < 4.78 is 7.63. The summed E-state index contributed by atoms with van der Waals surface area (Å²) in [6.45, 7) is 1.33. The second kappa shape index (κ2) is 4.14. The maximum absolute atomic E-state index is 6.03. The van der Waals surface area contributed by atoms with Crippen LogP contribution in [-0.4, -0.2) is 34.0 Å². The first-order valence-corrected chi connectivity index (χ1v) is 6.09. The van der Waals surface area contributed by atoms with Gasteiger partial charge in [0.05, 0.1) is 19.1 Å². The Morgan fingerprint density at radius 1 is 1.31 bits per heavy atom. The lowest BCUT2D eigenvalue weighted by Gasteiger charge is -2.18. The van der Waals surface area contributed by atoms with Gasteiger partial charge in [-0.1, -0.05) is 12.8 Å². The van der Waals surface area contributed by atoms with Crippen LogP contribution < -0.4 is 5.73 Å². The molecule has 3 rings (SSSR count). The molecule has 2 unspecified atom stereocenters. The van der Waals surface area contributed by atoms with Gasteiger partial charge in [-0.15, -0.1) is 10.2 Å². The van der Waals surface area contributed by atoms with Crippen molar-refractivity contribution in [1.82, 2.24) is 14.8 Å². The van der Waals surface area contributed by atoms with Crippen molar-refractivity contribution in [1.29, 1.82) is 0 Å². The monoisotopic (exact) mass is 222 g/mol. The Balaban J connectivity index is 1.86.